The number of aromatic nitrogens is 2. The molecule has 1 aliphatic carbocycles. The highest BCUT2D eigenvalue weighted by Crippen LogP contribution is 2.41. The van der Waals surface area contributed by atoms with Gasteiger partial charge in [-0.05, 0) is 30.4 Å². The van der Waals surface area contributed by atoms with Crippen LogP contribution in [0, 0.1) is 0 Å². The van der Waals surface area contributed by atoms with Gasteiger partial charge >= 0.3 is 12.1 Å². The number of hydrogen-bond donors (Lipinski definition) is 2. The minimum Gasteiger partial charge on any atom is -0.495 e. The third-order valence-electron chi connectivity index (χ3n) is 4.22. The number of hydrogen-bond acceptors (Lipinski definition) is 3. The van der Waals surface area contributed by atoms with Crippen molar-refractivity contribution < 1.29 is 27.8 Å². The minimum atomic E-state index is -5.08. The van der Waals surface area contributed by atoms with Gasteiger partial charge in [-0.15, -0.1) is 0 Å². The molecule has 0 unspecified atom stereocenters. The number of methoxy groups -OCH3 is 1. The van der Waals surface area contributed by atoms with Crippen LogP contribution in [0.2, 0.25) is 0 Å². The molecule has 0 amide bonds. The lowest BCUT2D eigenvalue weighted by Crippen LogP contribution is -2.21. The van der Waals surface area contributed by atoms with Crippen LogP contribution in [0.3, 0.4) is 0 Å². The number of benzene rings is 2. The van der Waals surface area contributed by atoms with Crippen LogP contribution < -0.4 is 4.74 Å². The van der Waals surface area contributed by atoms with Gasteiger partial charge in [0.2, 0.25) is 0 Å². The number of ether oxygens (including phenoxy) is 1. The molecule has 0 spiro atoms. The maximum Gasteiger partial charge on any atom is 0.490 e. The van der Waals surface area contributed by atoms with E-state index in [0.29, 0.717) is 5.92 Å². The summed E-state index contributed by atoms with van der Waals surface area (Å²) in [5.41, 5.74) is 3.26. The van der Waals surface area contributed by atoms with E-state index in [0.717, 1.165) is 22.4 Å². The Labute approximate surface area is 152 Å². The third-order valence-corrected chi connectivity index (χ3v) is 4.22. The minimum absolute atomic E-state index is 0.683. The Kier molecular flexibility index (Phi) is 5.07. The number of carboxylic acid groups (broad SMARTS) is 1. The Bertz CT molecular complexity index is 962. The van der Waals surface area contributed by atoms with E-state index in [4.69, 9.17) is 14.6 Å². The predicted octanol–water partition coefficient (Wildman–Crippen LogP) is 4.75. The first-order valence-corrected chi connectivity index (χ1v) is 8.22. The van der Waals surface area contributed by atoms with Gasteiger partial charge in [-0.2, -0.15) is 18.3 Å². The number of H-pyrrole nitrogens is 1. The van der Waals surface area contributed by atoms with Gasteiger partial charge in [0.25, 0.3) is 0 Å². The van der Waals surface area contributed by atoms with Crippen LogP contribution in [0.15, 0.2) is 42.5 Å². The molecule has 8 heteroatoms. The highest BCUT2D eigenvalue weighted by molar-refractivity contribution is 5.94. The second-order valence-electron chi connectivity index (χ2n) is 6.15. The summed E-state index contributed by atoms with van der Waals surface area (Å²) in [6.07, 6.45) is -2.53. The van der Waals surface area contributed by atoms with Crippen LogP contribution in [-0.2, 0) is 4.79 Å². The normalized spacial score (nSPS) is 13.8. The fraction of sp³-hybridized carbons (Fsp3) is 0.263. The van der Waals surface area contributed by atoms with Gasteiger partial charge in [-0.1, -0.05) is 30.3 Å². The number of aromatic amines is 1. The van der Waals surface area contributed by atoms with Crippen molar-refractivity contribution in [2.75, 3.05) is 7.11 Å². The number of alkyl halides is 3. The lowest BCUT2D eigenvalue weighted by molar-refractivity contribution is -0.192. The van der Waals surface area contributed by atoms with Gasteiger partial charge in [0.15, 0.2) is 0 Å². The fourth-order valence-electron chi connectivity index (χ4n) is 2.74. The van der Waals surface area contributed by atoms with Crippen LogP contribution in [0.4, 0.5) is 13.2 Å². The van der Waals surface area contributed by atoms with E-state index in [2.05, 4.69) is 40.5 Å². The zero-order valence-electron chi connectivity index (χ0n) is 14.4. The topological polar surface area (TPSA) is 75.2 Å². The average Bonchev–Trinajstić information content (AvgIpc) is 3.37. The number of carboxylic acids is 1. The third kappa shape index (κ3) is 4.21. The van der Waals surface area contributed by atoms with Gasteiger partial charge in [-0.3, -0.25) is 5.10 Å². The van der Waals surface area contributed by atoms with E-state index < -0.39 is 12.1 Å². The van der Waals surface area contributed by atoms with E-state index in [9.17, 15) is 13.2 Å². The van der Waals surface area contributed by atoms with Crippen LogP contribution in [0.25, 0.3) is 22.0 Å². The highest BCUT2D eigenvalue weighted by Gasteiger charge is 2.38. The summed E-state index contributed by atoms with van der Waals surface area (Å²) in [7, 11) is 1.72. The molecule has 142 valence electrons. The molecule has 1 aliphatic rings. The molecule has 0 aliphatic heterocycles. The molecule has 0 saturated heterocycles. The van der Waals surface area contributed by atoms with Crippen LogP contribution in [0.1, 0.15) is 24.5 Å². The van der Waals surface area contributed by atoms with E-state index in [1.165, 1.54) is 23.9 Å². The standard InChI is InChI=1S/C17H16N2O.C2HF3O2/c1-20-17-13-5-3-2-4-11(13)8-9-14(17)16-10-15(18-19-16)12-6-7-12;3-2(4,5)1(6)7/h2-5,8-10,12H,6-7H2,1H3,(H,18,19);(H,6,7). The summed E-state index contributed by atoms with van der Waals surface area (Å²) in [4.78, 5) is 8.90. The second-order valence-corrected chi connectivity index (χ2v) is 6.15. The molecule has 1 aromatic heterocycles. The zero-order valence-corrected chi connectivity index (χ0v) is 14.4. The molecule has 2 N–H and O–H groups in total. The van der Waals surface area contributed by atoms with Crippen molar-refractivity contribution in [3.8, 4) is 17.0 Å². The lowest BCUT2D eigenvalue weighted by atomic mass is 10.0. The van der Waals surface area contributed by atoms with Crippen molar-refractivity contribution in [3.63, 3.8) is 0 Å². The van der Waals surface area contributed by atoms with E-state index in [1.807, 2.05) is 12.1 Å². The summed E-state index contributed by atoms with van der Waals surface area (Å²) in [5.74, 6) is -1.17. The first kappa shape index (κ1) is 18.8. The van der Waals surface area contributed by atoms with Gasteiger partial charge in [0.05, 0.1) is 12.8 Å². The Balaban J connectivity index is 0.000000260. The molecule has 2 aromatic carbocycles. The van der Waals surface area contributed by atoms with Crippen LogP contribution >= 0.6 is 0 Å². The van der Waals surface area contributed by atoms with Crippen molar-refractivity contribution in [2.45, 2.75) is 24.9 Å². The number of halogens is 3. The van der Waals surface area contributed by atoms with E-state index in [-0.39, 0.29) is 0 Å². The maximum absolute atomic E-state index is 10.6. The van der Waals surface area contributed by atoms with Gasteiger partial charge in [-0.25, -0.2) is 4.79 Å². The smallest absolute Gasteiger partial charge is 0.490 e. The first-order valence-electron chi connectivity index (χ1n) is 8.22. The summed E-state index contributed by atoms with van der Waals surface area (Å²) >= 11 is 0. The molecule has 1 fully saturated rings. The zero-order chi connectivity index (χ0) is 19.6. The van der Waals surface area contributed by atoms with Gasteiger partial charge in [0.1, 0.15) is 5.75 Å². The van der Waals surface area contributed by atoms with Crippen molar-refractivity contribution in [1.82, 2.24) is 10.2 Å². The predicted molar refractivity (Wildman–Crippen MR) is 93.7 cm³/mol. The summed E-state index contributed by atoms with van der Waals surface area (Å²) < 4.78 is 37.4. The second kappa shape index (κ2) is 7.30. The number of carbonyl (C=O) groups is 1. The SMILES string of the molecule is COc1c(-c2cc(C3CC3)[nH]n2)ccc2ccccc12.O=C(O)C(F)(F)F. The highest BCUT2D eigenvalue weighted by atomic mass is 19.4. The van der Waals surface area contributed by atoms with Crippen molar-refractivity contribution in [1.29, 1.82) is 0 Å². The van der Waals surface area contributed by atoms with Crippen molar-refractivity contribution in [3.05, 3.63) is 48.2 Å². The number of rotatable bonds is 3. The molecule has 1 saturated carbocycles. The summed E-state index contributed by atoms with van der Waals surface area (Å²) in [6.45, 7) is 0. The molecule has 0 atom stereocenters. The molecular weight excluding hydrogens is 361 g/mol. The Morgan fingerprint density at radius 3 is 2.48 bits per heavy atom. The molecule has 1 heterocycles. The number of nitrogens with zero attached hydrogens (tertiary/aromatic N) is 1. The molecule has 0 bridgehead atoms. The molecular formula is C19H17F3N2O3. The van der Waals surface area contributed by atoms with Gasteiger partial charge < -0.3 is 9.84 Å². The molecule has 27 heavy (non-hydrogen) atoms. The quantitative estimate of drug-likeness (QED) is 0.690. The number of aliphatic carboxylic acids is 1. The summed E-state index contributed by atoms with van der Waals surface area (Å²) in [5, 5.41) is 17.1. The van der Waals surface area contributed by atoms with E-state index in [1.54, 1.807) is 7.11 Å². The van der Waals surface area contributed by atoms with Crippen molar-refractivity contribution >= 4 is 16.7 Å². The average molecular weight is 378 g/mol. The largest absolute Gasteiger partial charge is 0.495 e. The number of fused-ring (bicyclic) bond motifs is 1. The Morgan fingerprint density at radius 2 is 1.89 bits per heavy atom. The molecule has 0 radical (unpaired) electrons. The Hall–Kier alpha value is -3.03. The van der Waals surface area contributed by atoms with Crippen LogP contribution in [-0.4, -0.2) is 34.6 Å². The molecule has 3 aromatic rings. The van der Waals surface area contributed by atoms with Gasteiger partial charge in [0, 0.05) is 22.6 Å². The first-order chi connectivity index (χ1) is 12.8. The lowest BCUT2D eigenvalue weighted by Gasteiger charge is -2.10. The monoisotopic (exact) mass is 378 g/mol. The molecule has 5 nitrogen and oxygen atoms in total. The van der Waals surface area contributed by atoms with Crippen LogP contribution in [0.5, 0.6) is 5.75 Å². The maximum atomic E-state index is 10.6. The summed E-state index contributed by atoms with van der Waals surface area (Å²) in [6, 6.07) is 14.6. The van der Waals surface area contributed by atoms with E-state index >= 15 is 0 Å². The van der Waals surface area contributed by atoms with Crippen molar-refractivity contribution in [2.24, 2.45) is 0 Å². The Morgan fingerprint density at radius 1 is 1.22 bits per heavy atom. The fourth-order valence-corrected chi connectivity index (χ4v) is 2.74. The molecule has 4 rings (SSSR count). The number of nitrogens with one attached hydrogen (secondary N) is 1.